The van der Waals surface area contributed by atoms with Gasteiger partial charge in [-0.3, -0.25) is 0 Å². The maximum atomic E-state index is 5.51. The van der Waals surface area contributed by atoms with Gasteiger partial charge in [0, 0.05) is 17.6 Å². The zero-order chi connectivity index (χ0) is 11.4. The summed E-state index contributed by atoms with van der Waals surface area (Å²) in [7, 11) is 0. The molecule has 6 N–H and O–H groups in total. The molecule has 16 heavy (non-hydrogen) atoms. The van der Waals surface area contributed by atoms with Crippen LogP contribution in [0.4, 0.5) is 17.6 Å². The van der Waals surface area contributed by atoms with E-state index >= 15 is 0 Å². The molecule has 0 aliphatic rings. The lowest BCUT2D eigenvalue weighted by Crippen LogP contribution is -2.12. The fourth-order valence-electron chi connectivity index (χ4n) is 1.14. The van der Waals surface area contributed by atoms with E-state index in [0.717, 1.165) is 5.01 Å². The van der Waals surface area contributed by atoms with Crippen LogP contribution in [-0.4, -0.2) is 15.0 Å². The highest BCUT2D eigenvalue weighted by molar-refractivity contribution is 7.09. The Balaban J connectivity index is 2.06. The van der Waals surface area contributed by atoms with Crippen molar-refractivity contribution in [3.63, 3.8) is 0 Å². The molecule has 8 heteroatoms. The van der Waals surface area contributed by atoms with Crippen LogP contribution in [0, 0.1) is 0 Å². The van der Waals surface area contributed by atoms with Crippen molar-refractivity contribution >= 4 is 28.9 Å². The number of anilines is 3. The molecule has 0 atom stereocenters. The number of nitrogens with two attached hydrogens (primary N) is 2. The van der Waals surface area contributed by atoms with Gasteiger partial charge in [0.25, 0.3) is 0 Å². The lowest BCUT2D eigenvalue weighted by molar-refractivity contribution is 1.06. The maximum absolute atomic E-state index is 5.51. The van der Waals surface area contributed by atoms with Gasteiger partial charge in [-0.15, -0.1) is 11.3 Å². The van der Waals surface area contributed by atoms with Gasteiger partial charge in [-0.25, -0.2) is 10.8 Å². The second-order valence-corrected chi connectivity index (χ2v) is 3.90. The topological polar surface area (TPSA) is 115 Å². The smallest absolute Gasteiger partial charge is 0.223 e. The normalized spacial score (nSPS) is 10.1. The molecular formula is C8H11N7S. The molecule has 2 heterocycles. The van der Waals surface area contributed by atoms with Crippen molar-refractivity contribution in [2.24, 2.45) is 5.84 Å². The minimum Gasteiger partial charge on any atom is -0.368 e. The summed E-state index contributed by atoms with van der Waals surface area (Å²) in [5.41, 5.74) is 7.93. The molecule has 0 fully saturated rings. The zero-order valence-electron chi connectivity index (χ0n) is 8.34. The summed E-state index contributed by atoms with van der Waals surface area (Å²) in [4.78, 5) is 12.0. The summed E-state index contributed by atoms with van der Waals surface area (Å²) >= 11 is 1.57. The Morgan fingerprint density at radius 3 is 2.81 bits per heavy atom. The number of hydrogen-bond acceptors (Lipinski definition) is 8. The minimum atomic E-state index is 0.164. The van der Waals surface area contributed by atoms with Crippen LogP contribution in [-0.2, 0) is 6.54 Å². The van der Waals surface area contributed by atoms with Crippen molar-refractivity contribution in [1.29, 1.82) is 0 Å². The molecule has 7 nitrogen and oxygen atoms in total. The van der Waals surface area contributed by atoms with Crippen LogP contribution in [0.2, 0.25) is 0 Å². The Labute approximate surface area is 95.9 Å². The van der Waals surface area contributed by atoms with Gasteiger partial charge in [-0.05, 0) is 0 Å². The van der Waals surface area contributed by atoms with Gasteiger partial charge in [-0.2, -0.15) is 9.97 Å². The molecule has 0 amide bonds. The summed E-state index contributed by atoms with van der Waals surface area (Å²) in [5, 5.41) is 5.97. The number of hydrazine groups is 1. The highest BCUT2D eigenvalue weighted by Crippen LogP contribution is 2.13. The molecule has 2 aromatic rings. The number of rotatable bonds is 4. The number of nitrogens with zero attached hydrogens (tertiary/aromatic N) is 3. The first kappa shape index (κ1) is 10.6. The standard InChI is InChI=1S/C8H11N7S/c9-8-13-5(3-6(14-8)15-10)12-4-7-11-1-2-16-7/h1-3H,4,10H2,(H4,9,12,13,14,15). The fourth-order valence-corrected chi connectivity index (χ4v) is 1.69. The van der Waals surface area contributed by atoms with Gasteiger partial charge in [0.05, 0.1) is 6.54 Å². The van der Waals surface area contributed by atoms with E-state index in [1.807, 2.05) is 5.38 Å². The summed E-state index contributed by atoms with van der Waals surface area (Å²) in [6, 6.07) is 1.67. The third-order valence-corrected chi connectivity index (χ3v) is 2.58. The second kappa shape index (κ2) is 4.73. The SMILES string of the molecule is NNc1cc(NCc2nccs2)nc(N)n1. The van der Waals surface area contributed by atoms with E-state index in [2.05, 4.69) is 25.7 Å². The molecule has 0 unspecified atom stereocenters. The van der Waals surface area contributed by atoms with Crippen molar-refractivity contribution in [2.45, 2.75) is 6.54 Å². The van der Waals surface area contributed by atoms with Crippen LogP contribution in [0.15, 0.2) is 17.6 Å². The van der Waals surface area contributed by atoms with E-state index in [1.165, 1.54) is 0 Å². The number of nitrogens with one attached hydrogen (secondary N) is 2. The molecule has 0 aliphatic carbocycles. The van der Waals surface area contributed by atoms with E-state index in [1.54, 1.807) is 23.6 Å². The molecule has 0 saturated heterocycles. The average Bonchev–Trinajstić information content (AvgIpc) is 2.78. The van der Waals surface area contributed by atoms with Crippen molar-refractivity contribution < 1.29 is 0 Å². The number of thiazole rings is 1. The molecular weight excluding hydrogens is 226 g/mol. The average molecular weight is 237 g/mol. The van der Waals surface area contributed by atoms with Gasteiger partial charge < -0.3 is 16.5 Å². The molecule has 0 spiro atoms. The van der Waals surface area contributed by atoms with Gasteiger partial charge in [0.1, 0.15) is 16.6 Å². The first-order chi connectivity index (χ1) is 7.78. The van der Waals surface area contributed by atoms with E-state index in [0.29, 0.717) is 18.2 Å². The molecule has 0 aliphatic heterocycles. The van der Waals surface area contributed by atoms with E-state index in [9.17, 15) is 0 Å². The third-order valence-electron chi connectivity index (χ3n) is 1.80. The Morgan fingerprint density at radius 1 is 1.31 bits per heavy atom. The largest absolute Gasteiger partial charge is 0.368 e. The summed E-state index contributed by atoms with van der Waals surface area (Å²) < 4.78 is 0. The zero-order valence-corrected chi connectivity index (χ0v) is 9.16. The Bertz CT molecular complexity index is 455. The van der Waals surface area contributed by atoms with Crippen LogP contribution in [0.3, 0.4) is 0 Å². The predicted molar refractivity (Wildman–Crippen MR) is 63.7 cm³/mol. The van der Waals surface area contributed by atoms with Crippen molar-refractivity contribution in [2.75, 3.05) is 16.5 Å². The van der Waals surface area contributed by atoms with Gasteiger partial charge in [0.15, 0.2) is 0 Å². The number of hydrogen-bond donors (Lipinski definition) is 4. The molecule has 0 bridgehead atoms. The van der Waals surface area contributed by atoms with Crippen molar-refractivity contribution in [3.8, 4) is 0 Å². The second-order valence-electron chi connectivity index (χ2n) is 2.92. The lowest BCUT2D eigenvalue weighted by Gasteiger charge is -2.06. The molecule has 2 aromatic heterocycles. The molecule has 0 radical (unpaired) electrons. The maximum Gasteiger partial charge on any atom is 0.223 e. The van der Waals surface area contributed by atoms with Crippen molar-refractivity contribution in [1.82, 2.24) is 15.0 Å². The highest BCUT2D eigenvalue weighted by atomic mass is 32.1. The Hall–Kier alpha value is -1.93. The fraction of sp³-hybridized carbons (Fsp3) is 0.125. The third kappa shape index (κ3) is 2.55. The first-order valence-electron chi connectivity index (χ1n) is 4.51. The van der Waals surface area contributed by atoms with Gasteiger partial charge in [-0.1, -0.05) is 0 Å². The summed E-state index contributed by atoms with van der Waals surface area (Å²) in [5.74, 6) is 6.48. The molecule has 84 valence electrons. The minimum absolute atomic E-state index is 0.164. The van der Waals surface area contributed by atoms with Crippen molar-refractivity contribution in [3.05, 3.63) is 22.7 Å². The molecule has 2 rings (SSSR count). The van der Waals surface area contributed by atoms with E-state index in [-0.39, 0.29) is 5.95 Å². The van der Waals surface area contributed by atoms with Crippen LogP contribution in [0.5, 0.6) is 0 Å². The van der Waals surface area contributed by atoms with Crippen LogP contribution >= 0.6 is 11.3 Å². The Kier molecular flexibility index (Phi) is 3.13. The quantitative estimate of drug-likeness (QED) is 0.449. The Morgan fingerprint density at radius 2 is 2.12 bits per heavy atom. The number of aromatic nitrogens is 3. The van der Waals surface area contributed by atoms with Crippen LogP contribution in [0.1, 0.15) is 5.01 Å². The number of nitrogen functional groups attached to an aromatic ring is 2. The lowest BCUT2D eigenvalue weighted by atomic mass is 10.5. The molecule has 0 aromatic carbocycles. The van der Waals surface area contributed by atoms with Gasteiger partial charge in [0.2, 0.25) is 5.95 Å². The van der Waals surface area contributed by atoms with E-state index in [4.69, 9.17) is 11.6 Å². The van der Waals surface area contributed by atoms with Gasteiger partial charge >= 0.3 is 0 Å². The monoisotopic (exact) mass is 237 g/mol. The summed E-state index contributed by atoms with van der Waals surface area (Å²) in [6.45, 7) is 0.595. The molecule has 0 saturated carbocycles. The van der Waals surface area contributed by atoms with Crippen LogP contribution < -0.4 is 22.3 Å². The predicted octanol–water partition coefficient (Wildman–Crippen LogP) is 0.413. The highest BCUT2D eigenvalue weighted by Gasteiger charge is 2.01. The summed E-state index contributed by atoms with van der Waals surface area (Å²) in [6.07, 6.45) is 1.75. The van der Waals surface area contributed by atoms with E-state index < -0.39 is 0 Å². The van der Waals surface area contributed by atoms with Crippen LogP contribution in [0.25, 0.3) is 0 Å². The first-order valence-corrected chi connectivity index (χ1v) is 5.39.